The van der Waals surface area contributed by atoms with Gasteiger partial charge >= 0.3 is 0 Å². The summed E-state index contributed by atoms with van der Waals surface area (Å²) in [5, 5.41) is 7.46. The molecule has 0 atom stereocenters. The van der Waals surface area contributed by atoms with Gasteiger partial charge in [0.2, 0.25) is 0 Å². The van der Waals surface area contributed by atoms with Crippen molar-refractivity contribution >= 4 is 21.7 Å². The molecule has 0 saturated heterocycles. The lowest BCUT2D eigenvalue weighted by Gasteiger charge is -2.19. The molecule has 32 heavy (non-hydrogen) atoms. The van der Waals surface area contributed by atoms with Crippen LogP contribution in [0.5, 0.6) is 0 Å². The number of nitrogens with zero attached hydrogens (tertiary/aromatic N) is 3. The first-order chi connectivity index (χ1) is 15.7. The van der Waals surface area contributed by atoms with E-state index in [0.29, 0.717) is 18.6 Å². The number of aryl methyl sites for hydroxylation is 1. The number of hydrogen-bond donors (Lipinski definition) is 0. The second kappa shape index (κ2) is 8.44. The molecular formula is C27H25N3O2. The van der Waals surface area contributed by atoms with Gasteiger partial charge in [0.25, 0.3) is 5.56 Å². The standard InChI is InChI=1S/C27H25N3O2/c1-3-24-23(20-13-9-10-16-25(20)32-24)17-29(2)18-30-27(31)22-15-8-7-14-21(22)26(28-30)19-11-5-4-6-12-19/h4-16H,3,17-18H2,1-2H3. The van der Waals surface area contributed by atoms with Crippen molar-refractivity contribution < 1.29 is 4.42 Å². The van der Waals surface area contributed by atoms with E-state index in [1.54, 1.807) is 4.68 Å². The highest BCUT2D eigenvalue weighted by Crippen LogP contribution is 2.28. The minimum absolute atomic E-state index is 0.0834. The third-order valence-corrected chi connectivity index (χ3v) is 5.82. The minimum atomic E-state index is -0.0834. The van der Waals surface area contributed by atoms with E-state index in [1.807, 2.05) is 79.8 Å². The van der Waals surface area contributed by atoms with E-state index in [-0.39, 0.29) is 5.56 Å². The van der Waals surface area contributed by atoms with E-state index in [4.69, 9.17) is 9.52 Å². The van der Waals surface area contributed by atoms with Crippen LogP contribution in [0.4, 0.5) is 0 Å². The highest BCUT2D eigenvalue weighted by atomic mass is 16.3. The predicted molar refractivity (Wildman–Crippen MR) is 128 cm³/mol. The lowest BCUT2D eigenvalue weighted by Crippen LogP contribution is -2.32. The third kappa shape index (κ3) is 3.61. The van der Waals surface area contributed by atoms with Crippen LogP contribution in [0.1, 0.15) is 18.2 Å². The Morgan fingerprint density at radius 1 is 0.875 bits per heavy atom. The molecule has 5 aromatic rings. The van der Waals surface area contributed by atoms with Crippen LogP contribution in [-0.4, -0.2) is 21.7 Å². The smallest absolute Gasteiger partial charge is 0.275 e. The fourth-order valence-corrected chi connectivity index (χ4v) is 4.30. The van der Waals surface area contributed by atoms with Crippen LogP contribution >= 0.6 is 0 Å². The summed E-state index contributed by atoms with van der Waals surface area (Å²) in [7, 11) is 2.01. The Morgan fingerprint density at radius 3 is 2.28 bits per heavy atom. The molecule has 3 aromatic carbocycles. The average molecular weight is 424 g/mol. The van der Waals surface area contributed by atoms with Crippen molar-refractivity contribution in [1.82, 2.24) is 14.7 Å². The van der Waals surface area contributed by atoms with Gasteiger partial charge in [-0.25, -0.2) is 4.68 Å². The zero-order chi connectivity index (χ0) is 22.1. The van der Waals surface area contributed by atoms with Crippen molar-refractivity contribution in [1.29, 1.82) is 0 Å². The first kappa shape index (κ1) is 20.2. The lowest BCUT2D eigenvalue weighted by molar-refractivity contribution is 0.240. The number of rotatable bonds is 6. The zero-order valence-corrected chi connectivity index (χ0v) is 18.3. The van der Waals surface area contributed by atoms with Gasteiger partial charge in [-0.15, -0.1) is 0 Å². The van der Waals surface area contributed by atoms with E-state index < -0.39 is 0 Å². The van der Waals surface area contributed by atoms with Gasteiger partial charge in [-0.05, 0) is 19.2 Å². The summed E-state index contributed by atoms with van der Waals surface area (Å²) >= 11 is 0. The van der Waals surface area contributed by atoms with E-state index >= 15 is 0 Å². The summed E-state index contributed by atoms with van der Waals surface area (Å²) < 4.78 is 7.61. The maximum Gasteiger partial charge on any atom is 0.275 e. The van der Waals surface area contributed by atoms with Crippen molar-refractivity contribution in [3.8, 4) is 11.3 Å². The van der Waals surface area contributed by atoms with Crippen LogP contribution in [0, 0.1) is 0 Å². The molecule has 160 valence electrons. The van der Waals surface area contributed by atoms with Gasteiger partial charge in [-0.2, -0.15) is 5.10 Å². The van der Waals surface area contributed by atoms with Crippen molar-refractivity contribution in [2.75, 3.05) is 7.05 Å². The third-order valence-electron chi connectivity index (χ3n) is 5.82. The molecule has 0 saturated carbocycles. The fraction of sp³-hybridized carbons (Fsp3) is 0.185. The second-order valence-electron chi connectivity index (χ2n) is 8.07. The topological polar surface area (TPSA) is 51.3 Å². The Labute approximate surface area is 186 Å². The summed E-state index contributed by atoms with van der Waals surface area (Å²) in [5.41, 5.74) is 3.80. The van der Waals surface area contributed by atoms with Gasteiger partial charge in [0, 0.05) is 34.9 Å². The Bertz CT molecular complexity index is 1450. The highest BCUT2D eigenvalue weighted by Gasteiger charge is 2.17. The van der Waals surface area contributed by atoms with Gasteiger partial charge in [0.1, 0.15) is 11.3 Å². The molecule has 2 aromatic heterocycles. The van der Waals surface area contributed by atoms with Crippen molar-refractivity contribution in [2.45, 2.75) is 26.6 Å². The Morgan fingerprint density at radius 2 is 1.53 bits per heavy atom. The Kier molecular flexibility index (Phi) is 5.33. The molecule has 0 bridgehead atoms. The Hall–Kier alpha value is -3.70. The summed E-state index contributed by atoms with van der Waals surface area (Å²) in [6, 6.07) is 25.8. The molecule has 5 rings (SSSR count). The van der Waals surface area contributed by atoms with Crippen molar-refractivity contribution in [2.24, 2.45) is 0 Å². The highest BCUT2D eigenvalue weighted by molar-refractivity contribution is 5.93. The predicted octanol–water partition coefficient (Wildman–Crippen LogP) is 5.46. The SMILES string of the molecule is CCc1oc2ccccc2c1CN(C)Cn1nc(-c2ccccc2)c2ccccc2c1=O. The van der Waals surface area contributed by atoms with Crippen molar-refractivity contribution in [3.05, 3.63) is 101 Å². The molecule has 0 fully saturated rings. The van der Waals surface area contributed by atoms with Gasteiger partial charge in [-0.3, -0.25) is 9.69 Å². The van der Waals surface area contributed by atoms with Crippen LogP contribution < -0.4 is 5.56 Å². The maximum absolute atomic E-state index is 13.2. The molecule has 0 radical (unpaired) electrons. The first-order valence-electron chi connectivity index (χ1n) is 10.9. The van der Waals surface area contributed by atoms with Gasteiger partial charge in [0.15, 0.2) is 0 Å². The van der Waals surface area contributed by atoms with Gasteiger partial charge in [-0.1, -0.05) is 73.7 Å². The van der Waals surface area contributed by atoms with E-state index in [0.717, 1.165) is 39.8 Å². The number of benzene rings is 3. The molecule has 0 amide bonds. The van der Waals surface area contributed by atoms with Crippen LogP contribution in [-0.2, 0) is 19.6 Å². The fourth-order valence-electron chi connectivity index (χ4n) is 4.30. The molecule has 0 aliphatic rings. The average Bonchev–Trinajstić information content (AvgIpc) is 3.19. The van der Waals surface area contributed by atoms with Crippen LogP contribution in [0.2, 0.25) is 0 Å². The molecule has 0 spiro atoms. The van der Waals surface area contributed by atoms with Crippen molar-refractivity contribution in [3.63, 3.8) is 0 Å². The summed E-state index contributed by atoms with van der Waals surface area (Å²) in [6.45, 7) is 3.15. The normalized spacial score (nSPS) is 11.6. The number of para-hydroxylation sites is 1. The molecule has 2 heterocycles. The van der Waals surface area contributed by atoms with Crippen LogP contribution in [0.3, 0.4) is 0 Å². The van der Waals surface area contributed by atoms with Crippen LogP contribution in [0.25, 0.3) is 33.0 Å². The number of aromatic nitrogens is 2. The molecule has 0 aliphatic carbocycles. The van der Waals surface area contributed by atoms with E-state index in [2.05, 4.69) is 17.9 Å². The summed E-state index contributed by atoms with van der Waals surface area (Å²) in [6.07, 6.45) is 0.824. The summed E-state index contributed by atoms with van der Waals surface area (Å²) in [5.74, 6) is 0.988. The van der Waals surface area contributed by atoms with Crippen LogP contribution in [0.15, 0.2) is 88.1 Å². The van der Waals surface area contributed by atoms with E-state index in [1.165, 1.54) is 5.56 Å². The largest absolute Gasteiger partial charge is 0.461 e. The minimum Gasteiger partial charge on any atom is -0.461 e. The maximum atomic E-state index is 13.2. The zero-order valence-electron chi connectivity index (χ0n) is 18.3. The molecule has 5 nitrogen and oxygen atoms in total. The first-order valence-corrected chi connectivity index (χ1v) is 10.9. The van der Waals surface area contributed by atoms with Gasteiger partial charge < -0.3 is 4.42 Å². The monoisotopic (exact) mass is 423 g/mol. The van der Waals surface area contributed by atoms with E-state index in [9.17, 15) is 4.79 Å². The molecule has 0 aliphatic heterocycles. The number of fused-ring (bicyclic) bond motifs is 2. The van der Waals surface area contributed by atoms with Gasteiger partial charge in [0.05, 0.1) is 17.7 Å². The lowest BCUT2D eigenvalue weighted by atomic mass is 10.1. The quantitative estimate of drug-likeness (QED) is 0.364. The Balaban J connectivity index is 1.54. The number of furan rings is 1. The molecule has 0 unspecified atom stereocenters. The number of hydrogen-bond acceptors (Lipinski definition) is 4. The molecule has 5 heteroatoms. The molecular weight excluding hydrogens is 398 g/mol. The second-order valence-corrected chi connectivity index (χ2v) is 8.07. The molecule has 0 N–H and O–H groups in total. The summed E-state index contributed by atoms with van der Waals surface area (Å²) in [4.78, 5) is 15.3.